The molecule has 0 aliphatic heterocycles. The third kappa shape index (κ3) is 10.1. The van der Waals surface area contributed by atoms with Crippen LogP contribution < -0.4 is 10.6 Å². The van der Waals surface area contributed by atoms with E-state index >= 15 is 0 Å². The molecule has 0 unspecified atom stereocenters. The quantitative estimate of drug-likeness (QED) is 0.0766. The summed E-state index contributed by atoms with van der Waals surface area (Å²) in [6, 6.07) is 21.1. The van der Waals surface area contributed by atoms with Crippen molar-refractivity contribution in [3.8, 4) is 0 Å². The maximum absolute atomic E-state index is 13.5. The number of hydrogen-bond donors (Lipinski definition) is 2. The second-order valence-electron chi connectivity index (χ2n) is 13.5. The van der Waals surface area contributed by atoms with Crippen LogP contribution in [0.2, 0.25) is 10.0 Å². The molecule has 0 aromatic heterocycles. The Hall–Kier alpha value is -2.90. The van der Waals surface area contributed by atoms with Gasteiger partial charge in [0.2, 0.25) is 0 Å². The zero-order chi connectivity index (χ0) is 36.5. The molecule has 50 heavy (non-hydrogen) atoms. The zero-order valence-electron chi connectivity index (χ0n) is 29.6. The summed E-state index contributed by atoms with van der Waals surface area (Å²) >= 11 is 15.5. The van der Waals surface area contributed by atoms with Crippen LogP contribution in [0.25, 0.3) is 0 Å². The molecule has 1 saturated carbocycles. The maximum Gasteiger partial charge on any atom is 0.197 e. The molecule has 0 bridgehead atoms. The van der Waals surface area contributed by atoms with E-state index in [0.29, 0.717) is 23.0 Å². The van der Waals surface area contributed by atoms with Crippen molar-refractivity contribution in [1.29, 1.82) is 0 Å². The van der Waals surface area contributed by atoms with Crippen LogP contribution in [0.3, 0.4) is 0 Å². The van der Waals surface area contributed by atoms with E-state index < -0.39 is 22.5 Å². The van der Waals surface area contributed by atoms with E-state index in [1.165, 1.54) is 65.6 Å². The minimum atomic E-state index is -1.63. The number of anilines is 1. The molecular formula is C42H49Cl2F3N2S. The Kier molecular flexibility index (Phi) is 14.8. The fourth-order valence-corrected chi connectivity index (χ4v) is 6.88. The van der Waals surface area contributed by atoms with Gasteiger partial charge in [0.25, 0.3) is 0 Å². The van der Waals surface area contributed by atoms with Crippen LogP contribution in [-0.2, 0) is 25.8 Å². The fourth-order valence-electron chi connectivity index (χ4n) is 6.08. The summed E-state index contributed by atoms with van der Waals surface area (Å²) in [5, 5.41) is -0.0553. The highest BCUT2D eigenvalue weighted by Gasteiger charge is 2.25. The van der Waals surface area contributed by atoms with Gasteiger partial charge in [0.1, 0.15) is 0 Å². The fraction of sp³-hybridized carbons (Fsp3) is 0.381. The van der Waals surface area contributed by atoms with Crippen LogP contribution in [0, 0.1) is 17.5 Å². The minimum Gasteiger partial charge on any atom is -0.340 e. The number of nitrogens with zero attached hydrogens (tertiary/aromatic N) is 1. The summed E-state index contributed by atoms with van der Waals surface area (Å²) in [5.41, 5.74) is 16.3. The zero-order valence-corrected chi connectivity index (χ0v) is 32.0. The number of benzene rings is 4. The van der Waals surface area contributed by atoms with Gasteiger partial charge in [-0.15, -0.1) is 12.6 Å². The van der Waals surface area contributed by atoms with Crippen molar-refractivity contribution in [3.63, 3.8) is 0 Å². The molecule has 268 valence electrons. The van der Waals surface area contributed by atoms with E-state index in [2.05, 4.69) is 88.2 Å². The van der Waals surface area contributed by atoms with Gasteiger partial charge >= 0.3 is 0 Å². The van der Waals surface area contributed by atoms with Crippen molar-refractivity contribution in [3.05, 3.63) is 139 Å². The Labute approximate surface area is 312 Å². The highest BCUT2D eigenvalue weighted by molar-refractivity contribution is 7.80. The Morgan fingerprint density at radius 2 is 1.60 bits per heavy atom. The minimum absolute atomic E-state index is 0.0610. The largest absolute Gasteiger partial charge is 0.340 e. The van der Waals surface area contributed by atoms with Crippen molar-refractivity contribution in [2.24, 2.45) is 5.73 Å². The summed E-state index contributed by atoms with van der Waals surface area (Å²) in [6.07, 6.45) is 8.58. The van der Waals surface area contributed by atoms with Gasteiger partial charge in [-0.1, -0.05) is 119 Å². The first-order valence-electron chi connectivity index (χ1n) is 17.6. The van der Waals surface area contributed by atoms with Gasteiger partial charge in [-0.25, -0.2) is 13.2 Å². The lowest BCUT2D eigenvalue weighted by atomic mass is 9.95. The predicted molar refractivity (Wildman–Crippen MR) is 209 cm³/mol. The highest BCUT2D eigenvalue weighted by atomic mass is 35.5. The number of unbranched alkanes of at least 4 members (excludes halogenated alkanes) is 1. The van der Waals surface area contributed by atoms with Gasteiger partial charge < -0.3 is 10.6 Å². The SMILES string of the molecule is C=C(CN)N(Cc1cc(CCC)cc(C2CC2)c1)c1ccc(C(C)C)cc1CCCC.Fc1c(F)c(S)c(Cc2ccccc2Cl)c(Cl)c1F. The summed E-state index contributed by atoms with van der Waals surface area (Å²) in [6.45, 7) is 14.7. The Morgan fingerprint density at radius 1 is 0.900 bits per heavy atom. The lowest BCUT2D eigenvalue weighted by Gasteiger charge is -2.30. The molecule has 1 fully saturated rings. The van der Waals surface area contributed by atoms with Gasteiger partial charge in [0.15, 0.2) is 17.5 Å². The van der Waals surface area contributed by atoms with Crippen molar-refractivity contribution >= 4 is 41.5 Å². The van der Waals surface area contributed by atoms with Crippen LogP contribution >= 0.6 is 35.8 Å². The van der Waals surface area contributed by atoms with Crippen molar-refractivity contribution in [1.82, 2.24) is 0 Å². The molecule has 2 N–H and O–H groups in total. The number of hydrogen-bond acceptors (Lipinski definition) is 3. The van der Waals surface area contributed by atoms with E-state index in [1.54, 1.807) is 24.3 Å². The lowest BCUT2D eigenvalue weighted by molar-refractivity contribution is 0.433. The first-order chi connectivity index (χ1) is 23.9. The van der Waals surface area contributed by atoms with Crippen LogP contribution in [0.5, 0.6) is 0 Å². The Balaban J connectivity index is 0.000000252. The van der Waals surface area contributed by atoms with Crippen LogP contribution in [0.1, 0.15) is 111 Å². The van der Waals surface area contributed by atoms with Gasteiger partial charge in [0, 0.05) is 40.8 Å². The lowest BCUT2D eigenvalue weighted by Crippen LogP contribution is -2.27. The molecule has 1 aliphatic rings. The average molecular weight is 742 g/mol. The molecule has 0 spiro atoms. The number of thiol groups is 1. The predicted octanol–water partition coefficient (Wildman–Crippen LogP) is 12.8. The van der Waals surface area contributed by atoms with Crippen molar-refractivity contribution in [2.75, 3.05) is 11.4 Å². The number of nitrogens with two attached hydrogens (primary N) is 1. The van der Waals surface area contributed by atoms with Crippen LogP contribution in [0.4, 0.5) is 18.9 Å². The maximum atomic E-state index is 13.5. The van der Waals surface area contributed by atoms with Gasteiger partial charge in [0.05, 0.1) is 5.02 Å². The summed E-state index contributed by atoms with van der Waals surface area (Å²) in [5.74, 6) is -3.09. The van der Waals surface area contributed by atoms with Crippen molar-refractivity contribution in [2.45, 2.75) is 102 Å². The first kappa shape index (κ1) is 39.9. The number of halogens is 5. The second-order valence-corrected chi connectivity index (χ2v) is 14.7. The summed E-state index contributed by atoms with van der Waals surface area (Å²) in [4.78, 5) is 2.06. The van der Waals surface area contributed by atoms with Gasteiger partial charge in [-0.2, -0.15) is 0 Å². The third-order valence-corrected chi connectivity index (χ3v) is 10.4. The first-order valence-corrected chi connectivity index (χ1v) is 18.8. The monoisotopic (exact) mass is 740 g/mol. The van der Waals surface area contributed by atoms with E-state index in [9.17, 15) is 13.2 Å². The van der Waals surface area contributed by atoms with Gasteiger partial charge in [-0.05, 0) is 95.0 Å². The second kappa shape index (κ2) is 18.5. The molecule has 4 aromatic rings. The Bertz CT molecular complexity index is 1760. The molecule has 0 saturated heterocycles. The molecule has 0 radical (unpaired) electrons. The molecule has 0 amide bonds. The Morgan fingerprint density at radius 3 is 2.22 bits per heavy atom. The van der Waals surface area contributed by atoms with E-state index in [0.717, 1.165) is 31.0 Å². The molecule has 0 heterocycles. The van der Waals surface area contributed by atoms with Crippen LogP contribution in [0.15, 0.2) is 77.8 Å². The van der Waals surface area contributed by atoms with E-state index in [-0.39, 0.29) is 16.9 Å². The molecule has 8 heteroatoms. The summed E-state index contributed by atoms with van der Waals surface area (Å²) < 4.78 is 40.0. The highest BCUT2D eigenvalue weighted by Crippen LogP contribution is 2.41. The van der Waals surface area contributed by atoms with E-state index in [1.807, 2.05) is 0 Å². The number of rotatable bonds is 14. The molecule has 0 atom stereocenters. The molecule has 4 aromatic carbocycles. The van der Waals surface area contributed by atoms with Gasteiger partial charge in [-0.3, -0.25) is 0 Å². The topological polar surface area (TPSA) is 29.3 Å². The smallest absolute Gasteiger partial charge is 0.197 e. The van der Waals surface area contributed by atoms with Crippen molar-refractivity contribution < 1.29 is 13.2 Å². The average Bonchev–Trinajstić information content (AvgIpc) is 3.97. The normalized spacial score (nSPS) is 12.6. The standard InChI is InChI=1S/C29H42N2.C13H7Cl2F3S/c1-6-8-10-27-18-26(21(3)4)13-14-29(27)31(22(5)19-30)20-24-15-23(9-7-2)16-28(17-24)25-11-12-25;14-8-4-2-1-3-6(8)5-7-9(15)10(16)11(17)12(18)13(7)19/h13-18,21,25H,5-12,19-20,30H2,1-4H3;1-4,19H,5H2. The molecule has 5 rings (SSSR count). The van der Waals surface area contributed by atoms with Crippen LogP contribution in [-0.4, -0.2) is 6.54 Å². The third-order valence-electron chi connectivity index (χ3n) is 9.14. The molecular weight excluding hydrogens is 692 g/mol. The summed E-state index contributed by atoms with van der Waals surface area (Å²) in [7, 11) is 0. The molecule has 2 nitrogen and oxygen atoms in total. The van der Waals surface area contributed by atoms with E-state index in [4.69, 9.17) is 28.9 Å². The number of aryl methyl sites for hydroxylation is 2. The molecule has 1 aliphatic carbocycles.